The van der Waals surface area contributed by atoms with Crippen LogP contribution in [0.5, 0.6) is 0 Å². The summed E-state index contributed by atoms with van der Waals surface area (Å²) in [5.41, 5.74) is 3.15. The van der Waals surface area contributed by atoms with E-state index in [1.54, 1.807) is 0 Å². The van der Waals surface area contributed by atoms with Crippen molar-refractivity contribution >= 4 is 39.1 Å². The molecule has 2 aromatic rings. The molecule has 0 atom stereocenters. The summed E-state index contributed by atoms with van der Waals surface area (Å²) in [5.74, 6) is 0.0102. The molecule has 23 heavy (non-hydrogen) atoms. The number of benzene rings is 2. The van der Waals surface area contributed by atoms with Gasteiger partial charge in [0.1, 0.15) is 0 Å². The van der Waals surface area contributed by atoms with Crippen LogP contribution in [0.4, 0.5) is 5.69 Å². The maximum atomic E-state index is 11.9. The summed E-state index contributed by atoms with van der Waals surface area (Å²) in [6.07, 6.45) is 1.34. The Morgan fingerprint density at radius 3 is 2.74 bits per heavy atom. The summed E-state index contributed by atoms with van der Waals surface area (Å²) in [6.45, 7) is 3.49. The maximum Gasteiger partial charge on any atom is 0.225 e. The summed E-state index contributed by atoms with van der Waals surface area (Å²) in [7, 11) is 0. The molecule has 0 aliphatic carbocycles. The number of hydrogen-bond donors (Lipinski definition) is 2. The lowest BCUT2D eigenvalue weighted by Gasteiger charge is -2.08. The molecule has 0 unspecified atom stereocenters. The van der Waals surface area contributed by atoms with Gasteiger partial charge in [0.25, 0.3) is 0 Å². The highest BCUT2D eigenvalue weighted by molar-refractivity contribution is 9.10. The molecule has 3 nitrogen and oxygen atoms in total. The van der Waals surface area contributed by atoms with Crippen molar-refractivity contribution in [3.63, 3.8) is 0 Å². The smallest absolute Gasteiger partial charge is 0.225 e. The van der Waals surface area contributed by atoms with Crippen LogP contribution in [0.2, 0.25) is 5.02 Å². The van der Waals surface area contributed by atoms with Crippen molar-refractivity contribution in [3.05, 3.63) is 63.1 Å². The minimum Gasteiger partial charge on any atom is -0.326 e. The zero-order valence-electron chi connectivity index (χ0n) is 13.0. The SMILES string of the molecule is Cc1ccc(NC(=O)CCNCCc2cccc(Cl)c2)cc1Br. The number of halogens is 2. The van der Waals surface area contributed by atoms with Crippen molar-refractivity contribution in [2.75, 3.05) is 18.4 Å². The van der Waals surface area contributed by atoms with Gasteiger partial charge in [-0.3, -0.25) is 4.79 Å². The van der Waals surface area contributed by atoms with Gasteiger partial charge >= 0.3 is 0 Å². The molecule has 0 bridgehead atoms. The van der Waals surface area contributed by atoms with E-state index in [1.807, 2.05) is 43.3 Å². The van der Waals surface area contributed by atoms with Gasteiger partial charge in [0.05, 0.1) is 0 Å². The highest BCUT2D eigenvalue weighted by Crippen LogP contribution is 2.20. The van der Waals surface area contributed by atoms with Crippen molar-refractivity contribution in [1.82, 2.24) is 5.32 Å². The quantitative estimate of drug-likeness (QED) is 0.674. The molecular formula is C18H20BrClN2O. The van der Waals surface area contributed by atoms with Gasteiger partial charge in [-0.1, -0.05) is 45.7 Å². The van der Waals surface area contributed by atoms with Gasteiger partial charge in [-0.25, -0.2) is 0 Å². The maximum absolute atomic E-state index is 11.9. The third-order valence-electron chi connectivity index (χ3n) is 3.46. The molecule has 0 saturated heterocycles. The lowest BCUT2D eigenvalue weighted by Crippen LogP contribution is -2.23. The van der Waals surface area contributed by atoms with E-state index < -0.39 is 0 Å². The third kappa shape index (κ3) is 6.34. The number of amides is 1. The molecule has 0 heterocycles. The molecule has 2 N–H and O–H groups in total. The first-order valence-electron chi connectivity index (χ1n) is 7.56. The van der Waals surface area contributed by atoms with E-state index in [0.29, 0.717) is 13.0 Å². The summed E-state index contributed by atoms with van der Waals surface area (Å²) < 4.78 is 0.995. The molecule has 0 saturated carbocycles. The number of rotatable bonds is 7. The first-order chi connectivity index (χ1) is 11.0. The molecule has 0 aliphatic heterocycles. The molecule has 2 rings (SSSR count). The Morgan fingerprint density at radius 2 is 2.00 bits per heavy atom. The Balaban J connectivity index is 1.65. The predicted molar refractivity (Wildman–Crippen MR) is 100 cm³/mol. The van der Waals surface area contributed by atoms with Crippen LogP contribution in [0, 0.1) is 6.92 Å². The summed E-state index contributed by atoms with van der Waals surface area (Å²) in [4.78, 5) is 11.9. The van der Waals surface area contributed by atoms with Gasteiger partial charge in [-0.2, -0.15) is 0 Å². The average molecular weight is 396 g/mol. The minimum atomic E-state index is 0.0102. The Morgan fingerprint density at radius 1 is 1.17 bits per heavy atom. The number of carbonyl (C=O) groups is 1. The molecule has 122 valence electrons. The highest BCUT2D eigenvalue weighted by atomic mass is 79.9. The Labute approximate surface area is 150 Å². The van der Waals surface area contributed by atoms with Crippen LogP contribution in [-0.2, 0) is 11.2 Å². The van der Waals surface area contributed by atoms with Gasteiger partial charge in [0, 0.05) is 28.1 Å². The number of carbonyl (C=O) groups excluding carboxylic acids is 1. The number of anilines is 1. The summed E-state index contributed by atoms with van der Waals surface area (Å²) in [6, 6.07) is 13.6. The first kappa shape index (κ1) is 18.0. The fraction of sp³-hybridized carbons (Fsp3) is 0.278. The van der Waals surface area contributed by atoms with Gasteiger partial charge in [-0.05, 0) is 55.3 Å². The van der Waals surface area contributed by atoms with E-state index in [-0.39, 0.29) is 5.91 Å². The number of nitrogens with one attached hydrogen (secondary N) is 2. The van der Waals surface area contributed by atoms with Crippen molar-refractivity contribution in [2.45, 2.75) is 19.8 Å². The normalized spacial score (nSPS) is 10.6. The van der Waals surface area contributed by atoms with Gasteiger partial charge in [0.2, 0.25) is 5.91 Å². The van der Waals surface area contributed by atoms with Crippen molar-refractivity contribution < 1.29 is 4.79 Å². The van der Waals surface area contributed by atoms with E-state index in [0.717, 1.165) is 33.7 Å². The summed E-state index contributed by atoms with van der Waals surface area (Å²) in [5, 5.41) is 6.93. The van der Waals surface area contributed by atoms with Crippen molar-refractivity contribution in [3.8, 4) is 0 Å². The van der Waals surface area contributed by atoms with E-state index in [4.69, 9.17) is 11.6 Å². The van der Waals surface area contributed by atoms with Crippen LogP contribution in [0.25, 0.3) is 0 Å². The van der Waals surface area contributed by atoms with E-state index >= 15 is 0 Å². The number of hydrogen-bond acceptors (Lipinski definition) is 2. The summed E-state index contributed by atoms with van der Waals surface area (Å²) >= 11 is 9.41. The predicted octanol–water partition coefficient (Wildman–Crippen LogP) is 4.57. The van der Waals surface area contributed by atoms with E-state index in [9.17, 15) is 4.79 Å². The second-order valence-corrected chi connectivity index (χ2v) is 6.68. The third-order valence-corrected chi connectivity index (χ3v) is 4.55. The molecule has 2 aromatic carbocycles. The standard InChI is InChI=1S/C18H20BrClN2O/c1-13-5-6-16(12-17(13)19)22-18(23)8-10-21-9-7-14-3-2-4-15(20)11-14/h2-6,11-12,21H,7-10H2,1H3,(H,22,23). The van der Waals surface area contributed by atoms with Crippen LogP contribution in [-0.4, -0.2) is 19.0 Å². The largest absolute Gasteiger partial charge is 0.326 e. The zero-order chi connectivity index (χ0) is 16.7. The lowest BCUT2D eigenvalue weighted by atomic mass is 10.1. The molecule has 1 amide bonds. The average Bonchev–Trinajstić information content (AvgIpc) is 2.51. The van der Waals surface area contributed by atoms with Crippen molar-refractivity contribution in [2.24, 2.45) is 0 Å². The molecule has 0 fully saturated rings. The second kappa shape index (κ2) is 9.06. The van der Waals surface area contributed by atoms with Crippen LogP contribution >= 0.6 is 27.5 Å². The second-order valence-electron chi connectivity index (χ2n) is 5.39. The van der Waals surface area contributed by atoms with Gasteiger partial charge in [0.15, 0.2) is 0 Å². The fourth-order valence-corrected chi connectivity index (χ4v) is 2.74. The van der Waals surface area contributed by atoms with Gasteiger partial charge in [-0.15, -0.1) is 0 Å². The Bertz CT molecular complexity index is 676. The Kier molecular flexibility index (Phi) is 7.09. The molecule has 5 heteroatoms. The van der Waals surface area contributed by atoms with Crippen LogP contribution in [0.15, 0.2) is 46.9 Å². The molecule has 0 radical (unpaired) electrons. The zero-order valence-corrected chi connectivity index (χ0v) is 15.4. The van der Waals surface area contributed by atoms with E-state index in [2.05, 4.69) is 32.6 Å². The highest BCUT2D eigenvalue weighted by Gasteiger charge is 2.03. The molecule has 0 aliphatic rings. The van der Waals surface area contributed by atoms with Crippen molar-refractivity contribution in [1.29, 1.82) is 0 Å². The van der Waals surface area contributed by atoms with Crippen LogP contribution < -0.4 is 10.6 Å². The monoisotopic (exact) mass is 394 g/mol. The van der Waals surface area contributed by atoms with Crippen LogP contribution in [0.1, 0.15) is 17.5 Å². The molecular weight excluding hydrogens is 376 g/mol. The van der Waals surface area contributed by atoms with Gasteiger partial charge < -0.3 is 10.6 Å². The minimum absolute atomic E-state index is 0.0102. The topological polar surface area (TPSA) is 41.1 Å². The van der Waals surface area contributed by atoms with Crippen LogP contribution in [0.3, 0.4) is 0 Å². The molecule has 0 aromatic heterocycles. The lowest BCUT2D eigenvalue weighted by molar-refractivity contribution is -0.116. The van der Waals surface area contributed by atoms with E-state index in [1.165, 1.54) is 5.56 Å². The fourth-order valence-electron chi connectivity index (χ4n) is 2.15. The Hall–Kier alpha value is -1.36. The molecule has 0 spiro atoms. The number of aryl methyl sites for hydroxylation is 1. The first-order valence-corrected chi connectivity index (χ1v) is 8.73.